The number of hydrogen-bond donors (Lipinski definition) is 2. The molecule has 1 unspecified atom stereocenters. The van der Waals surface area contributed by atoms with Crippen molar-refractivity contribution in [3.05, 3.63) is 42.0 Å². The van der Waals surface area contributed by atoms with Gasteiger partial charge in [0, 0.05) is 45.4 Å². The third kappa shape index (κ3) is 7.61. The van der Waals surface area contributed by atoms with Crippen LogP contribution in [0.1, 0.15) is 37.7 Å². The highest BCUT2D eigenvalue weighted by Gasteiger charge is 2.27. The maximum Gasteiger partial charge on any atom is 0.280 e. The Labute approximate surface area is 248 Å². The van der Waals surface area contributed by atoms with Crippen LogP contribution in [0.3, 0.4) is 0 Å². The van der Waals surface area contributed by atoms with E-state index in [2.05, 4.69) is 25.8 Å². The number of oxime groups is 1. The number of aromatic nitrogens is 2. The van der Waals surface area contributed by atoms with Gasteiger partial charge in [0.05, 0.1) is 16.8 Å². The largest absolute Gasteiger partial charge is 0.473 e. The van der Waals surface area contributed by atoms with Crippen LogP contribution in [0.25, 0.3) is 10.3 Å². The Balaban J connectivity index is 1.34. The van der Waals surface area contributed by atoms with Gasteiger partial charge in [-0.1, -0.05) is 28.6 Å². The molecule has 1 aromatic carbocycles. The summed E-state index contributed by atoms with van der Waals surface area (Å²) in [6.07, 6.45) is 3.52. The number of rotatable bonds is 13. The monoisotopic (exact) mass is 617 g/mol. The molecule has 5 rings (SSSR count). The molecular weight excluding hydrogens is 582 g/mol. The van der Waals surface area contributed by atoms with Crippen molar-refractivity contribution in [2.24, 2.45) is 5.16 Å². The van der Waals surface area contributed by atoms with Crippen LogP contribution in [-0.2, 0) is 28.9 Å². The Hall–Kier alpha value is -3.17. The number of carbonyl (C=O) groups is 1. The molecule has 2 aromatic heterocycles. The van der Waals surface area contributed by atoms with Crippen molar-refractivity contribution in [3.8, 4) is 5.88 Å². The molecule has 12 nitrogen and oxygen atoms in total. The van der Waals surface area contributed by atoms with Crippen LogP contribution >= 0.6 is 11.3 Å². The molecule has 3 heterocycles. The molecule has 1 aliphatic carbocycles. The zero-order chi connectivity index (χ0) is 29.5. The normalized spacial score (nSPS) is 21.1. The molecule has 1 aliphatic heterocycles. The van der Waals surface area contributed by atoms with Gasteiger partial charge < -0.3 is 24.4 Å². The van der Waals surface area contributed by atoms with E-state index in [-0.39, 0.29) is 34.7 Å². The number of nitrogens with one attached hydrogen (secondary N) is 2. The molecular formula is C28H35N5O7S2. The lowest BCUT2D eigenvalue weighted by molar-refractivity contribution is -0.110. The molecule has 2 aliphatic rings. The lowest BCUT2D eigenvalue weighted by atomic mass is 10.1. The van der Waals surface area contributed by atoms with E-state index in [0.717, 1.165) is 32.4 Å². The van der Waals surface area contributed by atoms with Crippen LogP contribution in [0.2, 0.25) is 0 Å². The van der Waals surface area contributed by atoms with E-state index in [9.17, 15) is 13.2 Å². The van der Waals surface area contributed by atoms with Crippen LogP contribution in [0.15, 0.2) is 46.4 Å². The number of anilines is 1. The first kappa shape index (κ1) is 30.3. The first-order valence-electron chi connectivity index (χ1n) is 13.9. The molecule has 1 amide bonds. The van der Waals surface area contributed by atoms with Crippen molar-refractivity contribution >= 4 is 48.3 Å². The maximum absolute atomic E-state index is 13.5. The standard InChI is InChI=1S/C28H35N5O7S2/c1-37-14-3-15-42(35,36)22-8-4-18(5-9-22)25(33-40-20-7-6-19(16-20)38-2)26(34)32-28-30-23-10-11-24(31-27(23)41-28)39-21-12-13-29-17-21/h4-5,8-11,19-21,29H,3,6-7,12-17H2,1-2H3,(H,30,32,34)/t19-,20-,21?/m1/s1. The number of sulfone groups is 1. The number of thiazole rings is 1. The first-order chi connectivity index (χ1) is 20.3. The highest BCUT2D eigenvalue weighted by Crippen LogP contribution is 2.28. The number of nitrogens with zero attached hydrogens (tertiary/aromatic N) is 3. The lowest BCUT2D eigenvalue weighted by Gasteiger charge is -2.12. The molecule has 42 heavy (non-hydrogen) atoms. The van der Waals surface area contributed by atoms with Crippen molar-refractivity contribution in [3.63, 3.8) is 0 Å². The molecule has 0 bridgehead atoms. The van der Waals surface area contributed by atoms with Gasteiger partial charge in [0.15, 0.2) is 20.7 Å². The van der Waals surface area contributed by atoms with Gasteiger partial charge in [-0.2, -0.15) is 0 Å². The van der Waals surface area contributed by atoms with Crippen LogP contribution in [0, 0.1) is 0 Å². The van der Waals surface area contributed by atoms with E-state index in [1.54, 1.807) is 25.3 Å². The van der Waals surface area contributed by atoms with Crippen LogP contribution in [0.4, 0.5) is 5.13 Å². The third-order valence-corrected chi connectivity index (χ3v) is 9.88. The average molecular weight is 618 g/mol. The molecule has 14 heteroatoms. The van der Waals surface area contributed by atoms with Crippen molar-refractivity contribution in [2.75, 3.05) is 45.0 Å². The number of pyridine rings is 1. The number of methoxy groups -OCH3 is 2. The van der Waals surface area contributed by atoms with Gasteiger partial charge in [-0.15, -0.1) is 0 Å². The van der Waals surface area contributed by atoms with E-state index in [4.69, 9.17) is 19.0 Å². The summed E-state index contributed by atoms with van der Waals surface area (Å²) in [6, 6.07) is 9.63. The number of fused-ring (bicyclic) bond motifs is 1. The van der Waals surface area contributed by atoms with E-state index in [1.165, 1.54) is 30.6 Å². The summed E-state index contributed by atoms with van der Waals surface area (Å²) < 4.78 is 41.7. The van der Waals surface area contributed by atoms with Gasteiger partial charge in [0.1, 0.15) is 22.6 Å². The SMILES string of the molecule is COCCCS(=O)(=O)c1ccc(C(=NO[C@@H]2CC[C@@H](OC)C2)C(=O)Nc2nc3ccc(OC4CCNC4)nc3s2)cc1. The van der Waals surface area contributed by atoms with Crippen molar-refractivity contribution in [2.45, 2.75) is 55.3 Å². The Kier molecular flexibility index (Phi) is 10.0. The Morgan fingerprint density at radius 1 is 1.07 bits per heavy atom. The van der Waals surface area contributed by atoms with Gasteiger partial charge in [-0.05, 0) is 50.4 Å². The number of amides is 1. The van der Waals surface area contributed by atoms with Crippen LogP contribution < -0.4 is 15.4 Å². The zero-order valence-electron chi connectivity index (χ0n) is 23.6. The van der Waals surface area contributed by atoms with Crippen molar-refractivity contribution in [1.29, 1.82) is 0 Å². The third-order valence-electron chi connectivity index (χ3n) is 7.18. The van der Waals surface area contributed by atoms with Gasteiger partial charge >= 0.3 is 0 Å². The average Bonchev–Trinajstić information content (AvgIpc) is 3.75. The van der Waals surface area contributed by atoms with Gasteiger partial charge in [-0.25, -0.2) is 18.4 Å². The predicted molar refractivity (Wildman–Crippen MR) is 159 cm³/mol. The fourth-order valence-electron chi connectivity index (χ4n) is 4.87. The predicted octanol–water partition coefficient (Wildman–Crippen LogP) is 3.17. The summed E-state index contributed by atoms with van der Waals surface area (Å²) in [5, 5.41) is 10.6. The lowest BCUT2D eigenvalue weighted by Crippen LogP contribution is -2.25. The minimum Gasteiger partial charge on any atom is -0.473 e. The minimum absolute atomic E-state index is 0.00386. The summed E-state index contributed by atoms with van der Waals surface area (Å²) >= 11 is 1.22. The second kappa shape index (κ2) is 13.9. The molecule has 3 atom stereocenters. The molecule has 3 aromatic rings. The summed E-state index contributed by atoms with van der Waals surface area (Å²) in [7, 11) is -0.309. The molecule has 1 saturated heterocycles. The number of ether oxygens (including phenoxy) is 3. The Morgan fingerprint density at radius 3 is 2.60 bits per heavy atom. The smallest absolute Gasteiger partial charge is 0.280 e. The Bertz CT molecular complexity index is 1500. The highest BCUT2D eigenvalue weighted by molar-refractivity contribution is 7.91. The van der Waals surface area contributed by atoms with Gasteiger partial charge in [0.2, 0.25) is 5.88 Å². The quantitative estimate of drug-likeness (QED) is 0.166. The topological polar surface area (TPSA) is 150 Å². The second-order valence-electron chi connectivity index (χ2n) is 10.2. The fraction of sp³-hybridized carbons (Fsp3) is 0.500. The number of carbonyl (C=O) groups excluding carboxylic acids is 1. The molecule has 2 fully saturated rings. The van der Waals surface area contributed by atoms with Crippen molar-refractivity contribution in [1.82, 2.24) is 15.3 Å². The molecule has 0 radical (unpaired) electrons. The molecule has 1 saturated carbocycles. The number of benzene rings is 1. The summed E-state index contributed by atoms with van der Waals surface area (Å²) in [6.45, 7) is 2.05. The van der Waals surface area contributed by atoms with Gasteiger partial charge in [0.25, 0.3) is 5.91 Å². The first-order valence-corrected chi connectivity index (χ1v) is 16.4. The summed E-state index contributed by atoms with van der Waals surface area (Å²) in [5.41, 5.74) is 1.04. The molecule has 226 valence electrons. The second-order valence-corrected chi connectivity index (χ2v) is 13.3. The minimum atomic E-state index is -3.50. The van der Waals surface area contributed by atoms with E-state index < -0.39 is 15.7 Å². The maximum atomic E-state index is 13.5. The molecule has 2 N–H and O–H groups in total. The summed E-state index contributed by atoms with van der Waals surface area (Å²) in [5.74, 6) is -0.0700. The van der Waals surface area contributed by atoms with E-state index in [0.29, 0.717) is 46.4 Å². The number of hydrogen-bond acceptors (Lipinski definition) is 12. The fourth-order valence-corrected chi connectivity index (χ4v) is 6.98. The van der Waals surface area contributed by atoms with E-state index >= 15 is 0 Å². The summed E-state index contributed by atoms with van der Waals surface area (Å²) in [4.78, 5) is 29.1. The molecule has 0 spiro atoms. The van der Waals surface area contributed by atoms with Crippen LogP contribution in [-0.4, -0.2) is 88.0 Å². The van der Waals surface area contributed by atoms with Crippen LogP contribution in [0.5, 0.6) is 5.88 Å². The van der Waals surface area contributed by atoms with Crippen molar-refractivity contribution < 1.29 is 32.3 Å². The van der Waals surface area contributed by atoms with Gasteiger partial charge in [-0.3, -0.25) is 10.1 Å². The zero-order valence-corrected chi connectivity index (χ0v) is 25.2. The highest BCUT2D eigenvalue weighted by atomic mass is 32.2. The Morgan fingerprint density at radius 2 is 1.88 bits per heavy atom. The van der Waals surface area contributed by atoms with E-state index in [1.807, 2.05) is 6.07 Å².